The van der Waals surface area contributed by atoms with Gasteiger partial charge in [0.1, 0.15) is 11.6 Å². The van der Waals surface area contributed by atoms with Crippen LogP contribution in [0.15, 0.2) is 42.6 Å². The Kier molecular flexibility index (Phi) is 5.18. The molecule has 0 fully saturated rings. The summed E-state index contributed by atoms with van der Waals surface area (Å²) in [6, 6.07) is 10.2. The summed E-state index contributed by atoms with van der Waals surface area (Å²) in [7, 11) is 0. The fourth-order valence-electron chi connectivity index (χ4n) is 2.01. The van der Waals surface area contributed by atoms with Crippen LogP contribution >= 0.6 is 0 Å². The van der Waals surface area contributed by atoms with Crippen LogP contribution in [0.1, 0.15) is 36.7 Å². The van der Waals surface area contributed by atoms with Gasteiger partial charge in [0.15, 0.2) is 6.61 Å². The van der Waals surface area contributed by atoms with Gasteiger partial charge in [0.05, 0.1) is 5.56 Å². The Bertz CT molecular complexity index is 733. The van der Waals surface area contributed by atoms with Crippen molar-refractivity contribution in [2.75, 3.05) is 11.9 Å². The SMILES string of the molecule is CC(C)(C)c1ccc(OCC(=O)Nc2cc(C(=O)O)ccn2)cc1. The monoisotopic (exact) mass is 328 g/mol. The Hall–Kier alpha value is -2.89. The summed E-state index contributed by atoms with van der Waals surface area (Å²) >= 11 is 0. The first-order chi connectivity index (χ1) is 11.3. The first-order valence-corrected chi connectivity index (χ1v) is 7.48. The molecule has 24 heavy (non-hydrogen) atoms. The molecule has 0 unspecified atom stereocenters. The van der Waals surface area contributed by atoms with E-state index in [0.29, 0.717) is 5.75 Å². The highest BCUT2D eigenvalue weighted by molar-refractivity contribution is 5.93. The molecule has 1 heterocycles. The van der Waals surface area contributed by atoms with Crippen molar-refractivity contribution in [1.82, 2.24) is 4.98 Å². The summed E-state index contributed by atoms with van der Waals surface area (Å²) in [6.07, 6.45) is 1.32. The third kappa shape index (κ3) is 4.81. The van der Waals surface area contributed by atoms with E-state index >= 15 is 0 Å². The zero-order chi connectivity index (χ0) is 17.7. The number of nitrogens with one attached hydrogen (secondary N) is 1. The van der Waals surface area contributed by atoms with Crippen LogP contribution < -0.4 is 10.1 Å². The second-order valence-corrected chi connectivity index (χ2v) is 6.35. The number of amides is 1. The second kappa shape index (κ2) is 7.12. The molecule has 0 atom stereocenters. The van der Waals surface area contributed by atoms with Crippen molar-refractivity contribution in [3.05, 3.63) is 53.7 Å². The Morgan fingerprint density at radius 3 is 2.42 bits per heavy atom. The maximum Gasteiger partial charge on any atom is 0.335 e. The average Bonchev–Trinajstić information content (AvgIpc) is 2.53. The second-order valence-electron chi connectivity index (χ2n) is 6.35. The topological polar surface area (TPSA) is 88.5 Å². The van der Waals surface area contributed by atoms with Gasteiger partial charge in [-0.1, -0.05) is 32.9 Å². The number of ether oxygens (including phenoxy) is 1. The summed E-state index contributed by atoms with van der Waals surface area (Å²) < 4.78 is 5.43. The van der Waals surface area contributed by atoms with E-state index in [1.54, 1.807) is 0 Å². The highest BCUT2D eigenvalue weighted by Crippen LogP contribution is 2.24. The number of rotatable bonds is 5. The number of anilines is 1. The standard InChI is InChI=1S/C18H20N2O4/c1-18(2,3)13-4-6-14(7-5-13)24-11-16(21)20-15-10-12(17(22)23)8-9-19-15/h4-10H,11H2,1-3H3,(H,22,23)(H,19,20,21). The third-order valence-corrected chi connectivity index (χ3v) is 3.36. The van der Waals surface area contributed by atoms with Gasteiger partial charge in [0.2, 0.25) is 0 Å². The predicted octanol–water partition coefficient (Wildman–Crippen LogP) is 3.09. The summed E-state index contributed by atoms with van der Waals surface area (Å²) in [6.45, 7) is 6.17. The highest BCUT2D eigenvalue weighted by Gasteiger charge is 2.13. The molecule has 2 N–H and O–H groups in total. The molecular formula is C18H20N2O4. The van der Waals surface area contributed by atoms with Crippen molar-refractivity contribution < 1.29 is 19.4 Å². The zero-order valence-corrected chi connectivity index (χ0v) is 13.9. The minimum absolute atomic E-state index is 0.0523. The number of carboxylic acids is 1. The smallest absolute Gasteiger partial charge is 0.335 e. The fraction of sp³-hybridized carbons (Fsp3) is 0.278. The first-order valence-electron chi connectivity index (χ1n) is 7.48. The third-order valence-electron chi connectivity index (χ3n) is 3.36. The number of pyridine rings is 1. The quantitative estimate of drug-likeness (QED) is 0.880. The molecule has 126 valence electrons. The number of benzene rings is 1. The summed E-state index contributed by atoms with van der Waals surface area (Å²) in [5.41, 5.74) is 1.28. The van der Waals surface area contributed by atoms with Gasteiger partial charge in [-0.05, 0) is 35.2 Å². The molecule has 0 saturated carbocycles. The minimum Gasteiger partial charge on any atom is -0.484 e. The molecule has 0 aliphatic heterocycles. The van der Waals surface area contributed by atoms with Crippen LogP contribution in [0.2, 0.25) is 0 Å². The van der Waals surface area contributed by atoms with Gasteiger partial charge in [-0.15, -0.1) is 0 Å². The molecule has 2 rings (SSSR count). The molecule has 1 aromatic heterocycles. The van der Waals surface area contributed by atoms with Gasteiger partial charge >= 0.3 is 5.97 Å². The van der Waals surface area contributed by atoms with Gasteiger partial charge in [0, 0.05) is 6.20 Å². The molecule has 2 aromatic rings. The van der Waals surface area contributed by atoms with Crippen LogP contribution in [-0.4, -0.2) is 28.6 Å². The lowest BCUT2D eigenvalue weighted by Gasteiger charge is -2.19. The lowest BCUT2D eigenvalue weighted by Crippen LogP contribution is -2.21. The van der Waals surface area contributed by atoms with Gasteiger partial charge in [-0.3, -0.25) is 4.79 Å². The molecule has 0 radical (unpaired) electrons. The van der Waals surface area contributed by atoms with Crippen molar-refractivity contribution in [2.24, 2.45) is 0 Å². The number of hydrogen-bond donors (Lipinski definition) is 2. The summed E-state index contributed by atoms with van der Waals surface area (Å²) in [5, 5.41) is 11.4. The Balaban J connectivity index is 1.91. The largest absolute Gasteiger partial charge is 0.484 e. The van der Waals surface area contributed by atoms with Crippen molar-refractivity contribution in [3.63, 3.8) is 0 Å². The van der Waals surface area contributed by atoms with Crippen LogP contribution in [0.4, 0.5) is 5.82 Å². The molecular weight excluding hydrogens is 308 g/mol. The summed E-state index contributed by atoms with van der Waals surface area (Å²) in [5.74, 6) is -0.731. The number of carboxylic acid groups (broad SMARTS) is 1. The number of carbonyl (C=O) groups excluding carboxylic acids is 1. The minimum atomic E-state index is -1.08. The van der Waals surface area contributed by atoms with Crippen molar-refractivity contribution in [2.45, 2.75) is 26.2 Å². The van der Waals surface area contributed by atoms with Crippen LogP contribution in [0.3, 0.4) is 0 Å². The molecule has 1 amide bonds. The molecule has 0 bridgehead atoms. The Morgan fingerprint density at radius 1 is 1.17 bits per heavy atom. The molecule has 6 heteroatoms. The van der Waals surface area contributed by atoms with E-state index in [-0.39, 0.29) is 23.4 Å². The van der Waals surface area contributed by atoms with E-state index < -0.39 is 11.9 Å². The van der Waals surface area contributed by atoms with Crippen molar-refractivity contribution in [1.29, 1.82) is 0 Å². The number of aromatic nitrogens is 1. The number of aromatic carboxylic acids is 1. The highest BCUT2D eigenvalue weighted by atomic mass is 16.5. The molecule has 0 saturated heterocycles. The predicted molar refractivity (Wildman–Crippen MR) is 90.5 cm³/mol. The normalized spacial score (nSPS) is 11.0. The lowest BCUT2D eigenvalue weighted by molar-refractivity contribution is -0.118. The van der Waals surface area contributed by atoms with Gasteiger partial charge in [-0.2, -0.15) is 0 Å². The molecule has 0 aliphatic carbocycles. The van der Waals surface area contributed by atoms with E-state index in [9.17, 15) is 9.59 Å². The average molecular weight is 328 g/mol. The van der Waals surface area contributed by atoms with E-state index in [1.165, 1.54) is 23.9 Å². The van der Waals surface area contributed by atoms with E-state index in [2.05, 4.69) is 31.1 Å². The van der Waals surface area contributed by atoms with Crippen molar-refractivity contribution >= 4 is 17.7 Å². The summed E-state index contributed by atoms with van der Waals surface area (Å²) in [4.78, 5) is 26.7. The van der Waals surface area contributed by atoms with E-state index in [1.807, 2.05) is 24.3 Å². The van der Waals surface area contributed by atoms with Crippen molar-refractivity contribution in [3.8, 4) is 5.75 Å². The van der Waals surface area contributed by atoms with Gasteiger partial charge in [-0.25, -0.2) is 9.78 Å². The van der Waals surface area contributed by atoms with Crippen LogP contribution in [-0.2, 0) is 10.2 Å². The van der Waals surface area contributed by atoms with Gasteiger partial charge < -0.3 is 15.2 Å². The van der Waals surface area contributed by atoms with Gasteiger partial charge in [0.25, 0.3) is 5.91 Å². The molecule has 0 aliphatic rings. The lowest BCUT2D eigenvalue weighted by atomic mass is 9.87. The number of carbonyl (C=O) groups is 2. The Labute approximate surface area is 140 Å². The fourth-order valence-corrected chi connectivity index (χ4v) is 2.01. The molecule has 6 nitrogen and oxygen atoms in total. The van der Waals surface area contributed by atoms with E-state index in [4.69, 9.17) is 9.84 Å². The maximum atomic E-state index is 11.9. The molecule has 0 spiro atoms. The first kappa shape index (κ1) is 17.5. The molecule has 1 aromatic carbocycles. The maximum absolute atomic E-state index is 11.9. The number of nitrogens with zero attached hydrogens (tertiary/aromatic N) is 1. The number of hydrogen-bond acceptors (Lipinski definition) is 4. The Morgan fingerprint density at radius 2 is 1.83 bits per heavy atom. The van der Waals surface area contributed by atoms with E-state index in [0.717, 1.165) is 0 Å². The zero-order valence-electron chi connectivity index (χ0n) is 13.9. The van der Waals surface area contributed by atoms with Crippen LogP contribution in [0.5, 0.6) is 5.75 Å². The van der Waals surface area contributed by atoms with Crippen LogP contribution in [0, 0.1) is 0 Å². The van der Waals surface area contributed by atoms with Crippen LogP contribution in [0.25, 0.3) is 0 Å².